The van der Waals surface area contributed by atoms with E-state index in [0.29, 0.717) is 22.3 Å². The number of hydrogen-bond donors (Lipinski definition) is 0. The zero-order valence-electron chi connectivity index (χ0n) is 12.8. The summed E-state index contributed by atoms with van der Waals surface area (Å²) in [6, 6.07) is 10.2. The molecule has 26 heavy (non-hydrogen) atoms. The van der Waals surface area contributed by atoms with Gasteiger partial charge in [0.2, 0.25) is 3.23 Å². The highest BCUT2D eigenvalue weighted by atomic mass is 79.9. The summed E-state index contributed by atoms with van der Waals surface area (Å²) < 4.78 is 0.364. The largest absolute Gasteiger partial charge is 0.294 e. The predicted octanol–water partition coefficient (Wildman–Crippen LogP) is 5.53. The Morgan fingerprint density at radius 1 is 0.654 bits per heavy atom. The van der Waals surface area contributed by atoms with E-state index < -0.39 is 3.23 Å². The first kappa shape index (κ1) is 19.8. The van der Waals surface area contributed by atoms with Gasteiger partial charge in [0.1, 0.15) is 0 Å². The number of rotatable bonds is 0. The third-order valence-corrected chi connectivity index (χ3v) is 6.37. The molecular formula is C18H8Br4O4. The molecule has 0 fully saturated rings. The molecule has 8 heteroatoms. The van der Waals surface area contributed by atoms with Crippen LogP contribution in [0.3, 0.4) is 0 Å². The van der Waals surface area contributed by atoms with E-state index in [1.54, 1.807) is 36.4 Å². The van der Waals surface area contributed by atoms with Crippen LogP contribution in [0.15, 0.2) is 45.3 Å². The highest BCUT2D eigenvalue weighted by Gasteiger charge is 2.49. The normalized spacial score (nSPS) is 16.9. The second-order valence-electron chi connectivity index (χ2n) is 5.64. The van der Waals surface area contributed by atoms with Gasteiger partial charge in [0.05, 0.1) is 6.42 Å². The molecule has 0 atom stereocenters. The standard InChI is InChI=1S/C9H3Br3O2.C9H5BrO2/c10-4-1-2-5-6(3-4)8(14)9(11,12)7(5)13;10-5-1-2-6-7(3-5)9(12)4-8(6)11/h1-3H;1-3H,4H2. The van der Waals surface area contributed by atoms with Gasteiger partial charge in [-0.3, -0.25) is 19.2 Å². The second-order valence-corrected chi connectivity index (χ2v) is 10.9. The summed E-state index contributed by atoms with van der Waals surface area (Å²) in [7, 11) is 0. The highest BCUT2D eigenvalue weighted by Crippen LogP contribution is 2.41. The lowest BCUT2D eigenvalue weighted by Crippen LogP contribution is -2.25. The fraction of sp³-hybridized carbons (Fsp3) is 0.111. The number of hydrogen-bond acceptors (Lipinski definition) is 4. The lowest BCUT2D eigenvalue weighted by atomic mass is 10.1. The van der Waals surface area contributed by atoms with Gasteiger partial charge in [-0.1, -0.05) is 63.7 Å². The number of carbonyl (C=O) groups is 4. The molecule has 4 rings (SSSR count). The summed E-state index contributed by atoms with van der Waals surface area (Å²) in [5.41, 5.74) is 2.00. The molecule has 132 valence electrons. The Morgan fingerprint density at radius 2 is 1.12 bits per heavy atom. The first-order valence-electron chi connectivity index (χ1n) is 7.26. The molecular weight excluding hydrogens is 600 g/mol. The van der Waals surface area contributed by atoms with Crippen LogP contribution in [0, 0.1) is 0 Å². The van der Waals surface area contributed by atoms with Crippen molar-refractivity contribution in [3.63, 3.8) is 0 Å². The number of Topliss-reactive ketones (excluding diaryl/α,β-unsaturated/α-hetero) is 4. The minimum absolute atomic E-state index is 0.0335. The molecule has 2 aromatic rings. The molecule has 0 heterocycles. The molecule has 0 saturated carbocycles. The van der Waals surface area contributed by atoms with Crippen LogP contribution in [0.25, 0.3) is 0 Å². The maximum Gasteiger partial charge on any atom is 0.205 e. The van der Waals surface area contributed by atoms with Gasteiger partial charge in [0.15, 0.2) is 23.1 Å². The first-order chi connectivity index (χ1) is 12.1. The third-order valence-electron chi connectivity index (χ3n) is 3.94. The molecule has 0 unspecified atom stereocenters. The lowest BCUT2D eigenvalue weighted by molar-refractivity contribution is 0.0906. The SMILES string of the molecule is O=C1CC(=O)c2cc(Br)ccc21.O=C1c2ccc(Br)cc2C(=O)C1(Br)Br. The molecule has 0 saturated heterocycles. The molecule has 2 aliphatic carbocycles. The van der Waals surface area contributed by atoms with Gasteiger partial charge >= 0.3 is 0 Å². The van der Waals surface area contributed by atoms with Crippen LogP contribution in [0.1, 0.15) is 47.9 Å². The Morgan fingerprint density at radius 3 is 1.73 bits per heavy atom. The van der Waals surface area contributed by atoms with E-state index in [2.05, 4.69) is 63.7 Å². The molecule has 0 amide bonds. The van der Waals surface area contributed by atoms with Crippen molar-refractivity contribution in [2.75, 3.05) is 0 Å². The Hall–Kier alpha value is -0.960. The van der Waals surface area contributed by atoms with Crippen LogP contribution in [0.2, 0.25) is 0 Å². The molecule has 0 aromatic heterocycles. The van der Waals surface area contributed by atoms with Crippen LogP contribution < -0.4 is 0 Å². The van der Waals surface area contributed by atoms with Crippen molar-refractivity contribution in [1.29, 1.82) is 0 Å². The van der Waals surface area contributed by atoms with Gasteiger partial charge in [-0.2, -0.15) is 0 Å². The molecule has 2 aliphatic rings. The smallest absolute Gasteiger partial charge is 0.205 e. The number of benzene rings is 2. The van der Waals surface area contributed by atoms with Crippen molar-refractivity contribution in [2.24, 2.45) is 0 Å². The average Bonchev–Trinajstić information content (AvgIpc) is 2.95. The number of alkyl halides is 2. The average molecular weight is 608 g/mol. The van der Waals surface area contributed by atoms with Crippen molar-refractivity contribution < 1.29 is 19.2 Å². The summed E-state index contributed by atoms with van der Waals surface area (Å²) >= 11 is 12.7. The van der Waals surface area contributed by atoms with Crippen molar-refractivity contribution in [3.05, 3.63) is 67.6 Å². The van der Waals surface area contributed by atoms with E-state index in [-0.39, 0.29) is 29.6 Å². The van der Waals surface area contributed by atoms with Crippen molar-refractivity contribution >= 4 is 86.9 Å². The Balaban J connectivity index is 0.000000152. The van der Waals surface area contributed by atoms with Crippen LogP contribution in [-0.4, -0.2) is 26.4 Å². The van der Waals surface area contributed by atoms with Gasteiger partial charge in [-0.05, 0) is 36.4 Å². The fourth-order valence-electron chi connectivity index (χ4n) is 2.67. The second kappa shape index (κ2) is 7.22. The Kier molecular flexibility index (Phi) is 5.50. The van der Waals surface area contributed by atoms with Crippen molar-refractivity contribution in [2.45, 2.75) is 9.65 Å². The monoisotopic (exact) mass is 604 g/mol. The van der Waals surface area contributed by atoms with Gasteiger partial charge < -0.3 is 0 Å². The molecule has 0 bridgehead atoms. The van der Waals surface area contributed by atoms with E-state index in [4.69, 9.17) is 0 Å². The maximum absolute atomic E-state index is 11.7. The minimum atomic E-state index is -1.26. The summed E-state index contributed by atoms with van der Waals surface area (Å²) in [6.45, 7) is 0. The zero-order chi connectivity index (χ0) is 19.2. The highest BCUT2D eigenvalue weighted by molar-refractivity contribution is 9.26. The summed E-state index contributed by atoms with van der Waals surface area (Å²) in [5, 5.41) is 0. The van der Waals surface area contributed by atoms with E-state index >= 15 is 0 Å². The van der Waals surface area contributed by atoms with Crippen molar-refractivity contribution in [3.8, 4) is 0 Å². The fourth-order valence-corrected chi connectivity index (χ4v) is 4.25. The van der Waals surface area contributed by atoms with Gasteiger partial charge in [0, 0.05) is 31.2 Å². The summed E-state index contributed by atoms with van der Waals surface area (Å²) in [4.78, 5) is 45.8. The quantitative estimate of drug-likeness (QED) is 0.292. The van der Waals surface area contributed by atoms with Gasteiger partial charge in [-0.25, -0.2) is 0 Å². The van der Waals surface area contributed by atoms with Crippen LogP contribution in [-0.2, 0) is 0 Å². The van der Waals surface area contributed by atoms with E-state index in [1.807, 2.05) is 0 Å². The predicted molar refractivity (Wildman–Crippen MR) is 111 cm³/mol. The minimum Gasteiger partial charge on any atom is -0.294 e. The van der Waals surface area contributed by atoms with Crippen LogP contribution >= 0.6 is 63.7 Å². The molecule has 0 N–H and O–H groups in total. The third kappa shape index (κ3) is 3.44. The number of carbonyl (C=O) groups excluding carboxylic acids is 4. The number of halogens is 4. The van der Waals surface area contributed by atoms with Gasteiger partial charge in [-0.15, -0.1) is 0 Å². The Bertz CT molecular complexity index is 995. The number of ketones is 4. The van der Waals surface area contributed by atoms with E-state index in [0.717, 1.165) is 8.95 Å². The number of fused-ring (bicyclic) bond motifs is 2. The van der Waals surface area contributed by atoms with Crippen LogP contribution in [0.4, 0.5) is 0 Å². The van der Waals surface area contributed by atoms with Gasteiger partial charge in [0.25, 0.3) is 0 Å². The summed E-state index contributed by atoms with van der Waals surface area (Å²) in [5.74, 6) is -0.636. The topological polar surface area (TPSA) is 68.3 Å². The van der Waals surface area contributed by atoms with E-state index in [1.165, 1.54) is 0 Å². The van der Waals surface area contributed by atoms with E-state index in [9.17, 15) is 19.2 Å². The van der Waals surface area contributed by atoms with Crippen LogP contribution in [0.5, 0.6) is 0 Å². The molecule has 4 nitrogen and oxygen atoms in total. The molecule has 2 aromatic carbocycles. The summed E-state index contributed by atoms with van der Waals surface area (Å²) in [6.07, 6.45) is 0.0335. The maximum atomic E-state index is 11.7. The first-order valence-corrected chi connectivity index (χ1v) is 10.4. The molecule has 0 aliphatic heterocycles. The lowest BCUT2D eigenvalue weighted by Gasteiger charge is -2.06. The zero-order valence-corrected chi connectivity index (χ0v) is 19.2. The van der Waals surface area contributed by atoms with Crippen molar-refractivity contribution in [1.82, 2.24) is 0 Å². The Labute approximate surface area is 182 Å². The molecule has 0 radical (unpaired) electrons. The molecule has 0 spiro atoms.